The summed E-state index contributed by atoms with van der Waals surface area (Å²) >= 11 is 0. The molecular formula is C12H23NO3. The molecule has 4 heteroatoms. The third-order valence-electron chi connectivity index (χ3n) is 1.90. The Kier molecular flexibility index (Phi) is 13.9. The first-order valence-electron chi connectivity index (χ1n) is 5.70. The quantitative estimate of drug-likeness (QED) is 0.394. The van der Waals surface area contributed by atoms with Crippen molar-refractivity contribution in [3.8, 4) is 12.3 Å². The summed E-state index contributed by atoms with van der Waals surface area (Å²) in [4.78, 5) is 0. The molecule has 16 heavy (non-hydrogen) atoms. The maximum atomic E-state index is 5.35. The zero-order chi connectivity index (χ0) is 11.9. The largest absolute Gasteiger partial charge is 0.382 e. The van der Waals surface area contributed by atoms with Gasteiger partial charge >= 0.3 is 0 Å². The molecule has 0 aliphatic carbocycles. The molecule has 0 aromatic rings. The lowest BCUT2D eigenvalue weighted by Gasteiger charge is -2.06. The highest BCUT2D eigenvalue weighted by atomic mass is 16.5. The molecule has 0 bridgehead atoms. The SMILES string of the molecule is C#CCCCNCCOCCOCCOC. The van der Waals surface area contributed by atoms with Gasteiger partial charge in [0.2, 0.25) is 0 Å². The van der Waals surface area contributed by atoms with Crippen LogP contribution in [0.4, 0.5) is 0 Å². The van der Waals surface area contributed by atoms with Crippen LogP contribution in [0.5, 0.6) is 0 Å². The van der Waals surface area contributed by atoms with Gasteiger partial charge in [-0.15, -0.1) is 12.3 Å². The van der Waals surface area contributed by atoms with E-state index in [0.29, 0.717) is 33.0 Å². The molecule has 0 aromatic heterocycles. The number of unbranched alkanes of at least 4 members (excludes halogenated alkanes) is 1. The van der Waals surface area contributed by atoms with E-state index in [1.807, 2.05) is 0 Å². The van der Waals surface area contributed by atoms with Crippen LogP contribution in [0, 0.1) is 12.3 Å². The van der Waals surface area contributed by atoms with E-state index in [4.69, 9.17) is 20.6 Å². The van der Waals surface area contributed by atoms with Crippen LogP contribution in [0.3, 0.4) is 0 Å². The Bertz CT molecular complexity index is 168. The molecule has 0 aromatic carbocycles. The van der Waals surface area contributed by atoms with Crippen molar-refractivity contribution in [2.75, 3.05) is 53.2 Å². The summed E-state index contributed by atoms with van der Waals surface area (Å²) in [5.74, 6) is 2.61. The maximum absolute atomic E-state index is 5.35. The van der Waals surface area contributed by atoms with E-state index in [0.717, 1.165) is 25.9 Å². The Morgan fingerprint density at radius 2 is 1.69 bits per heavy atom. The highest BCUT2D eigenvalue weighted by Crippen LogP contribution is 1.83. The molecule has 0 radical (unpaired) electrons. The van der Waals surface area contributed by atoms with Crippen molar-refractivity contribution in [2.24, 2.45) is 0 Å². The van der Waals surface area contributed by atoms with Gasteiger partial charge in [0.15, 0.2) is 0 Å². The molecule has 0 saturated heterocycles. The van der Waals surface area contributed by atoms with Crippen LogP contribution in [0.2, 0.25) is 0 Å². The van der Waals surface area contributed by atoms with Gasteiger partial charge in [0.05, 0.1) is 33.0 Å². The van der Waals surface area contributed by atoms with Gasteiger partial charge in [-0.2, -0.15) is 0 Å². The molecule has 0 saturated carbocycles. The van der Waals surface area contributed by atoms with Crippen LogP contribution in [-0.4, -0.2) is 53.2 Å². The topological polar surface area (TPSA) is 39.7 Å². The van der Waals surface area contributed by atoms with Crippen molar-refractivity contribution in [2.45, 2.75) is 12.8 Å². The second kappa shape index (κ2) is 14.4. The fourth-order valence-electron chi connectivity index (χ4n) is 1.05. The zero-order valence-electron chi connectivity index (χ0n) is 10.2. The molecule has 0 rings (SSSR count). The normalized spacial score (nSPS) is 10.2. The van der Waals surface area contributed by atoms with Gasteiger partial charge in [0.25, 0.3) is 0 Å². The van der Waals surface area contributed by atoms with E-state index in [1.165, 1.54) is 0 Å². The number of hydrogen-bond acceptors (Lipinski definition) is 4. The number of terminal acetylenes is 1. The molecule has 0 heterocycles. The van der Waals surface area contributed by atoms with Crippen molar-refractivity contribution in [3.63, 3.8) is 0 Å². The molecule has 0 aliphatic rings. The predicted octanol–water partition coefficient (Wildman–Crippen LogP) is 0.669. The van der Waals surface area contributed by atoms with E-state index in [2.05, 4.69) is 11.2 Å². The molecule has 0 unspecified atom stereocenters. The smallest absolute Gasteiger partial charge is 0.0701 e. The lowest BCUT2D eigenvalue weighted by Crippen LogP contribution is -2.21. The van der Waals surface area contributed by atoms with E-state index < -0.39 is 0 Å². The fraction of sp³-hybridized carbons (Fsp3) is 0.833. The van der Waals surface area contributed by atoms with E-state index in [1.54, 1.807) is 7.11 Å². The zero-order valence-corrected chi connectivity index (χ0v) is 10.2. The molecule has 0 spiro atoms. The predicted molar refractivity (Wildman–Crippen MR) is 64.5 cm³/mol. The van der Waals surface area contributed by atoms with Crippen molar-refractivity contribution < 1.29 is 14.2 Å². The summed E-state index contributed by atoms with van der Waals surface area (Å²) in [6.45, 7) is 5.06. The number of ether oxygens (including phenoxy) is 3. The number of methoxy groups -OCH3 is 1. The lowest BCUT2D eigenvalue weighted by atomic mass is 10.3. The summed E-state index contributed by atoms with van der Waals surface area (Å²) in [6.07, 6.45) is 6.99. The minimum absolute atomic E-state index is 0.625. The molecule has 4 nitrogen and oxygen atoms in total. The third kappa shape index (κ3) is 13.4. The minimum Gasteiger partial charge on any atom is -0.382 e. The molecule has 1 N–H and O–H groups in total. The van der Waals surface area contributed by atoms with Crippen LogP contribution in [0.1, 0.15) is 12.8 Å². The number of nitrogens with one attached hydrogen (secondary N) is 1. The van der Waals surface area contributed by atoms with E-state index >= 15 is 0 Å². The average Bonchev–Trinajstić information content (AvgIpc) is 2.31. The van der Waals surface area contributed by atoms with Crippen molar-refractivity contribution in [3.05, 3.63) is 0 Å². The first-order valence-corrected chi connectivity index (χ1v) is 5.70. The Balaban J connectivity index is 2.86. The number of rotatable bonds is 12. The summed E-state index contributed by atoms with van der Waals surface area (Å²) in [5.41, 5.74) is 0. The van der Waals surface area contributed by atoms with Crippen molar-refractivity contribution in [1.29, 1.82) is 0 Å². The highest BCUT2D eigenvalue weighted by molar-refractivity contribution is 4.83. The van der Waals surface area contributed by atoms with Crippen LogP contribution in [0.15, 0.2) is 0 Å². The second-order valence-corrected chi connectivity index (χ2v) is 3.28. The number of hydrogen-bond donors (Lipinski definition) is 1. The third-order valence-corrected chi connectivity index (χ3v) is 1.90. The minimum atomic E-state index is 0.625. The molecule has 0 fully saturated rings. The Hall–Kier alpha value is -0.600. The maximum Gasteiger partial charge on any atom is 0.0701 e. The lowest BCUT2D eigenvalue weighted by molar-refractivity contribution is 0.0256. The van der Waals surface area contributed by atoms with Gasteiger partial charge in [0.1, 0.15) is 0 Å². The van der Waals surface area contributed by atoms with Gasteiger partial charge < -0.3 is 19.5 Å². The molecular weight excluding hydrogens is 206 g/mol. The molecule has 0 atom stereocenters. The molecule has 0 aliphatic heterocycles. The van der Waals surface area contributed by atoms with E-state index in [9.17, 15) is 0 Å². The summed E-state index contributed by atoms with van der Waals surface area (Å²) in [6, 6.07) is 0. The van der Waals surface area contributed by atoms with E-state index in [-0.39, 0.29) is 0 Å². The van der Waals surface area contributed by atoms with Crippen LogP contribution < -0.4 is 5.32 Å². The Labute approximate surface area is 98.6 Å². The summed E-state index contributed by atoms with van der Waals surface area (Å²) in [5, 5.41) is 3.25. The van der Waals surface area contributed by atoms with Crippen molar-refractivity contribution in [1.82, 2.24) is 5.32 Å². The van der Waals surface area contributed by atoms with Gasteiger partial charge in [0, 0.05) is 20.1 Å². The van der Waals surface area contributed by atoms with Crippen molar-refractivity contribution >= 4 is 0 Å². The average molecular weight is 229 g/mol. The highest BCUT2D eigenvalue weighted by Gasteiger charge is 1.90. The second-order valence-electron chi connectivity index (χ2n) is 3.28. The summed E-state index contributed by atoms with van der Waals surface area (Å²) < 4.78 is 15.4. The van der Waals surface area contributed by atoms with Crippen LogP contribution >= 0.6 is 0 Å². The van der Waals surface area contributed by atoms with Gasteiger partial charge in [-0.3, -0.25) is 0 Å². The first-order chi connectivity index (χ1) is 7.91. The molecule has 94 valence electrons. The standard InChI is InChI=1S/C12H23NO3/c1-3-4-5-6-13-7-8-15-11-12-16-10-9-14-2/h1,13H,4-12H2,2H3. The monoisotopic (exact) mass is 229 g/mol. The Morgan fingerprint density at radius 3 is 2.38 bits per heavy atom. The fourth-order valence-corrected chi connectivity index (χ4v) is 1.05. The summed E-state index contributed by atoms with van der Waals surface area (Å²) in [7, 11) is 1.66. The van der Waals surface area contributed by atoms with Crippen LogP contribution in [-0.2, 0) is 14.2 Å². The first kappa shape index (κ1) is 15.4. The van der Waals surface area contributed by atoms with Gasteiger partial charge in [-0.1, -0.05) is 0 Å². The molecule has 0 amide bonds. The van der Waals surface area contributed by atoms with Gasteiger partial charge in [-0.05, 0) is 13.0 Å². The van der Waals surface area contributed by atoms with Gasteiger partial charge in [-0.25, -0.2) is 0 Å². The Morgan fingerprint density at radius 1 is 1.00 bits per heavy atom. The van der Waals surface area contributed by atoms with Crippen LogP contribution in [0.25, 0.3) is 0 Å².